The van der Waals surface area contributed by atoms with Gasteiger partial charge in [0.15, 0.2) is 0 Å². The van der Waals surface area contributed by atoms with Crippen molar-refractivity contribution in [2.24, 2.45) is 5.92 Å². The molecule has 2 aromatic heterocycles. The van der Waals surface area contributed by atoms with Crippen molar-refractivity contribution in [3.63, 3.8) is 0 Å². The molecular weight excluding hydrogens is 386 g/mol. The lowest BCUT2D eigenvalue weighted by atomic mass is 9.98. The molecular formula is C20H24ClNO2S2. The van der Waals surface area contributed by atoms with Crippen LogP contribution in [-0.2, 0) is 11.2 Å². The van der Waals surface area contributed by atoms with Gasteiger partial charge in [-0.1, -0.05) is 24.6 Å². The van der Waals surface area contributed by atoms with Gasteiger partial charge in [0.2, 0.25) is 0 Å². The molecule has 1 aliphatic heterocycles. The van der Waals surface area contributed by atoms with Crippen LogP contribution in [0.1, 0.15) is 41.5 Å². The Morgan fingerprint density at radius 3 is 2.81 bits per heavy atom. The first kappa shape index (κ1) is 19.6. The zero-order valence-electron chi connectivity index (χ0n) is 14.9. The van der Waals surface area contributed by atoms with Gasteiger partial charge in [0.05, 0.1) is 15.8 Å². The van der Waals surface area contributed by atoms with Gasteiger partial charge in [-0.3, -0.25) is 4.79 Å². The van der Waals surface area contributed by atoms with E-state index in [1.165, 1.54) is 16.0 Å². The normalized spacial score (nSPS) is 19.0. The number of aryl methyl sites for hydroxylation is 1. The number of rotatable bonds is 7. The van der Waals surface area contributed by atoms with Gasteiger partial charge in [0.1, 0.15) is 0 Å². The van der Waals surface area contributed by atoms with Crippen molar-refractivity contribution in [2.75, 3.05) is 19.6 Å². The Morgan fingerprint density at radius 2 is 2.12 bits per heavy atom. The summed E-state index contributed by atoms with van der Waals surface area (Å²) >= 11 is 9.88. The fourth-order valence-corrected chi connectivity index (χ4v) is 5.79. The number of nitrogens with zero attached hydrogens (tertiary/aromatic N) is 1. The molecule has 140 valence electrons. The maximum absolute atomic E-state index is 11.3. The van der Waals surface area contributed by atoms with Crippen molar-refractivity contribution in [3.05, 3.63) is 49.3 Å². The highest BCUT2D eigenvalue weighted by Crippen LogP contribution is 2.38. The van der Waals surface area contributed by atoms with Crippen LogP contribution >= 0.6 is 34.3 Å². The molecule has 1 atom stereocenters. The van der Waals surface area contributed by atoms with E-state index in [0.717, 1.165) is 48.7 Å². The molecule has 2 aromatic rings. The van der Waals surface area contributed by atoms with Crippen molar-refractivity contribution in [1.29, 1.82) is 0 Å². The Morgan fingerprint density at radius 1 is 1.35 bits per heavy atom. The summed E-state index contributed by atoms with van der Waals surface area (Å²) in [6.45, 7) is 4.73. The number of piperidine rings is 1. The topological polar surface area (TPSA) is 40.5 Å². The average Bonchev–Trinajstić information content (AvgIpc) is 3.28. The number of carboxylic acid groups (broad SMARTS) is 1. The van der Waals surface area contributed by atoms with Crippen molar-refractivity contribution in [1.82, 2.24) is 4.90 Å². The number of hydrogen-bond donors (Lipinski definition) is 1. The van der Waals surface area contributed by atoms with E-state index in [2.05, 4.69) is 29.3 Å². The van der Waals surface area contributed by atoms with Gasteiger partial charge in [0.25, 0.3) is 0 Å². The number of hydrogen-bond acceptors (Lipinski definition) is 4. The zero-order chi connectivity index (χ0) is 18.5. The number of aliphatic carboxylic acids is 1. The minimum atomic E-state index is -0.664. The molecule has 6 heteroatoms. The molecule has 26 heavy (non-hydrogen) atoms. The summed E-state index contributed by atoms with van der Waals surface area (Å²) in [4.78, 5) is 16.0. The molecule has 0 amide bonds. The largest absolute Gasteiger partial charge is 0.481 e. The Balaban J connectivity index is 1.75. The minimum Gasteiger partial charge on any atom is -0.481 e. The van der Waals surface area contributed by atoms with Crippen LogP contribution < -0.4 is 0 Å². The summed E-state index contributed by atoms with van der Waals surface area (Å²) in [7, 11) is 0. The highest BCUT2D eigenvalue weighted by atomic mass is 35.5. The predicted molar refractivity (Wildman–Crippen MR) is 112 cm³/mol. The second kappa shape index (κ2) is 9.18. The summed E-state index contributed by atoms with van der Waals surface area (Å²) < 4.78 is 0. The van der Waals surface area contributed by atoms with E-state index in [9.17, 15) is 9.90 Å². The van der Waals surface area contributed by atoms with Gasteiger partial charge in [-0.25, -0.2) is 0 Å². The minimum absolute atomic E-state index is 0.220. The third kappa shape index (κ3) is 4.58. The fourth-order valence-electron chi connectivity index (χ4n) is 3.48. The molecule has 1 saturated heterocycles. The molecule has 0 saturated carbocycles. The Labute approximate surface area is 167 Å². The molecule has 0 radical (unpaired) electrons. The van der Waals surface area contributed by atoms with Crippen molar-refractivity contribution < 1.29 is 9.90 Å². The van der Waals surface area contributed by atoms with Gasteiger partial charge in [0, 0.05) is 23.5 Å². The standard InChI is InChI=1S/C20H24ClNO2S2/c1-2-14-7-11-25-18(14)16(19-17(21)8-12-26-19)6-4-10-22-9-3-5-15(13-22)20(23)24/h6-8,11-12,15H,2-5,9-10,13H2,1H3,(H,23,24). The second-order valence-corrected chi connectivity index (χ2v) is 8.85. The van der Waals surface area contributed by atoms with Gasteiger partial charge < -0.3 is 10.0 Å². The first-order chi connectivity index (χ1) is 12.6. The van der Waals surface area contributed by atoms with Crippen LogP contribution in [0.3, 0.4) is 0 Å². The van der Waals surface area contributed by atoms with Gasteiger partial charge in [-0.15, -0.1) is 22.7 Å². The van der Waals surface area contributed by atoms with Gasteiger partial charge in [-0.05, 0) is 60.7 Å². The van der Waals surface area contributed by atoms with E-state index in [4.69, 9.17) is 11.6 Å². The van der Waals surface area contributed by atoms with Crippen LogP contribution in [0.4, 0.5) is 0 Å². The van der Waals surface area contributed by atoms with E-state index in [1.54, 1.807) is 22.7 Å². The Kier molecular flexibility index (Phi) is 6.92. The lowest BCUT2D eigenvalue weighted by Crippen LogP contribution is -2.39. The molecule has 1 aliphatic rings. The van der Waals surface area contributed by atoms with Crippen LogP contribution in [-0.4, -0.2) is 35.6 Å². The Hall–Kier alpha value is -1.14. The SMILES string of the molecule is CCc1ccsc1C(=CCCN1CCCC(C(=O)O)C1)c1sccc1Cl. The highest BCUT2D eigenvalue weighted by molar-refractivity contribution is 7.14. The molecule has 0 bridgehead atoms. The molecule has 1 unspecified atom stereocenters. The summed E-state index contributed by atoms with van der Waals surface area (Å²) in [5.74, 6) is -0.884. The quantitative estimate of drug-likeness (QED) is 0.642. The highest BCUT2D eigenvalue weighted by Gasteiger charge is 2.24. The van der Waals surface area contributed by atoms with E-state index in [1.807, 2.05) is 11.4 Å². The smallest absolute Gasteiger partial charge is 0.307 e. The van der Waals surface area contributed by atoms with E-state index < -0.39 is 5.97 Å². The van der Waals surface area contributed by atoms with E-state index >= 15 is 0 Å². The van der Waals surface area contributed by atoms with Gasteiger partial charge >= 0.3 is 5.97 Å². The summed E-state index contributed by atoms with van der Waals surface area (Å²) in [5, 5.41) is 14.2. The summed E-state index contributed by atoms with van der Waals surface area (Å²) in [6.07, 6.45) is 5.96. The lowest BCUT2D eigenvalue weighted by molar-refractivity contribution is -0.143. The van der Waals surface area contributed by atoms with Crippen LogP contribution in [0, 0.1) is 5.92 Å². The molecule has 0 spiro atoms. The molecule has 3 rings (SSSR count). The maximum Gasteiger partial charge on any atom is 0.307 e. The van der Waals surface area contributed by atoms with Gasteiger partial charge in [-0.2, -0.15) is 0 Å². The maximum atomic E-state index is 11.3. The van der Waals surface area contributed by atoms with Crippen molar-refractivity contribution in [2.45, 2.75) is 32.6 Å². The zero-order valence-corrected chi connectivity index (χ0v) is 17.3. The van der Waals surface area contributed by atoms with Crippen LogP contribution in [0.2, 0.25) is 5.02 Å². The number of likely N-dealkylation sites (tertiary alicyclic amines) is 1. The van der Waals surface area contributed by atoms with Crippen LogP contribution in [0.15, 0.2) is 29.0 Å². The van der Waals surface area contributed by atoms with E-state index in [-0.39, 0.29) is 5.92 Å². The lowest BCUT2D eigenvalue weighted by Gasteiger charge is -2.30. The first-order valence-corrected chi connectivity index (χ1v) is 11.2. The molecule has 0 aromatic carbocycles. The fraction of sp³-hybridized carbons (Fsp3) is 0.450. The monoisotopic (exact) mass is 409 g/mol. The average molecular weight is 410 g/mol. The van der Waals surface area contributed by atoms with Crippen LogP contribution in [0.5, 0.6) is 0 Å². The molecule has 3 nitrogen and oxygen atoms in total. The van der Waals surface area contributed by atoms with Crippen molar-refractivity contribution in [3.8, 4) is 0 Å². The molecule has 1 fully saturated rings. The number of halogens is 1. The number of carboxylic acids is 1. The summed E-state index contributed by atoms with van der Waals surface area (Å²) in [6, 6.07) is 4.15. The third-order valence-electron chi connectivity index (χ3n) is 4.88. The second-order valence-electron chi connectivity index (χ2n) is 6.61. The summed E-state index contributed by atoms with van der Waals surface area (Å²) in [5.41, 5.74) is 2.58. The molecule has 1 N–H and O–H groups in total. The third-order valence-corrected chi connectivity index (χ3v) is 7.25. The Bertz CT molecular complexity index is 780. The van der Waals surface area contributed by atoms with E-state index in [0.29, 0.717) is 6.54 Å². The molecule has 3 heterocycles. The van der Waals surface area contributed by atoms with Crippen LogP contribution in [0.25, 0.3) is 5.57 Å². The first-order valence-electron chi connectivity index (χ1n) is 9.05. The number of carbonyl (C=O) groups is 1. The molecule has 0 aliphatic carbocycles. The van der Waals surface area contributed by atoms with Crippen molar-refractivity contribution >= 4 is 45.8 Å². The predicted octanol–water partition coefficient (Wildman–Crippen LogP) is 5.64. The number of thiophene rings is 2.